The first-order chi connectivity index (χ1) is 8.33. The fraction of sp³-hybridized carbons (Fsp3) is 0.583. The van der Waals surface area contributed by atoms with E-state index in [0.29, 0.717) is 12.0 Å². The van der Waals surface area contributed by atoms with Gasteiger partial charge in [0.05, 0.1) is 7.11 Å². The van der Waals surface area contributed by atoms with Crippen LogP contribution in [0.5, 0.6) is 6.01 Å². The van der Waals surface area contributed by atoms with Crippen LogP contribution in [0.3, 0.4) is 0 Å². The van der Waals surface area contributed by atoms with Crippen molar-refractivity contribution >= 4 is 11.5 Å². The van der Waals surface area contributed by atoms with Gasteiger partial charge in [-0.15, -0.1) is 0 Å². The number of hydrogen-bond donors (Lipinski definition) is 1. The van der Waals surface area contributed by atoms with Crippen LogP contribution in [0, 0.1) is 0 Å². The second-order valence-corrected chi connectivity index (χ2v) is 3.97. The third-order valence-corrected chi connectivity index (χ3v) is 2.71. The zero-order valence-corrected chi connectivity index (χ0v) is 10.4. The summed E-state index contributed by atoms with van der Waals surface area (Å²) in [5, 5.41) is 3.09. The average molecular weight is 234 g/mol. The Bertz CT molecular complexity index is 417. The molecule has 1 aromatic rings. The molecule has 0 unspecified atom stereocenters. The van der Waals surface area contributed by atoms with Crippen LogP contribution in [0.4, 0.5) is 5.95 Å². The van der Waals surface area contributed by atoms with Crippen LogP contribution in [0.2, 0.25) is 0 Å². The van der Waals surface area contributed by atoms with E-state index in [0.717, 1.165) is 25.2 Å². The fourth-order valence-corrected chi connectivity index (χ4v) is 1.87. The Hall–Kier alpha value is -1.65. The van der Waals surface area contributed by atoms with Gasteiger partial charge in [-0.2, -0.15) is 15.0 Å². The normalized spacial score (nSPS) is 15.3. The molecule has 1 aromatic heterocycles. The van der Waals surface area contributed by atoms with Crippen molar-refractivity contribution in [3.63, 3.8) is 0 Å². The molecule has 2 rings (SSSR count). The Morgan fingerprint density at radius 1 is 1.29 bits per heavy atom. The lowest BCUT2D eigenvalue weighted by Crippen LogP contribution is -2.08. The number of aromatic nitrogens is 3. The summed E-state index contributed by atoms with van der Waals surface area (Å²) in [6.45, 7) is 2.79. The molecule has 92 valence electrons. The van der Waals surface area contributed by atoms with Crippen molar-refractivity contribution in [1.82, 2.24) is 15.0 Å². The molecule has 0 spiro atoms. The van der Waals surface area contributed by atoms with E-state index in [1.807, 2.05) is 6.92 Å². The van der Waals surface area contributed by atoms with Gasteiger partial charge < -0.3 is 10.1 Å². The highest BCUT2D eigenvalue weighted by molar-refractivity contribution is 5.61. The predicted molar refractivity (Wildman–Crippen MR) is 67.0 cm³/mol. The van der Waals surface area contributed by atoms with E-state index in [4.69, 9.17) is 4.74 Å². The maximum atomic E-state index is 5.10. The first-order valence-electron chi connectivity index (χ1n) is 6.07. The van der Waals surface area contributed by atoms with Crippen molar-refractivity contribution in [3.8, 4) is 6.01 Å². The third kappa shape index (κ3) is 2.93. The summed E-state index contributed by atoms with van der Waals surface area (Å²) in [6.07, 6.45) is 6.83. The highest BCUT2D eigenvalue weighted by Crippen LogP contribution is 2.25. The molecule has 1 aliphatic carbocycles. The van der Waals surface area contributed by atoms with Gasteiger partial charge in [0.15, 0.2) is 5.82 Å². The number of methoxy groups -OCH3 is 1. The van der Waals surface area contributed by atoms with Crippen molar-refractivity contribution in [1.29, 1.82) is 0 Å². The van der Waals surface area contributed by atoms with Crippen molar-refractivity contribution in [2.75, 3.05) is 19.0 Å². The van der Waals surface area contributed by atoms with Crippen molar-refractivity contribution in [2.45, 2.75) is 32.6 Å². The van der Waals surface area contributed by atoms with E-state index in [1.54, 1.807) is 7.11 Å². The molecule has 5 heteroatoms. The minimum absolute atomic E-state index is 0.373. The lowest BCUT2D eigenvalue weighted by atomic mass is 9.99. The summed E-state index contributed by atoms with van der Waals surface area (Å²) >= 11 is 0. The van der Waals surface area contributed by atoms with Crippen LogP contribution in [-0.4, -0.2) is 28.6 Å². The first-order valence-corrected chi connectivity index (χ1v) is 6.07. The van der Waals surface area contributed by atoms with E-state index in [1.165, 1.54) is 18.4 Å². The Morgan fingerprint density at radius 2 is 2.18 bits per heavy atom. The van der Waals surface area contributed by atoms with E-state index < -0.39 is 0 Å². The Kier molecular flexibility index (Phi) is 3.90. The first kappa shape index (κ1) is 11.8. The molecule has 0 fully saturated rings. The van der Waals surface area contributed by atoms with Crippen LogP contribution >= 0.6 is 0 Å². The van der Waals surface area contributed by atoms with Gasteiger partial charge in [-0.05, 0) is 38.2 Å². The van der Waals surface area contributed by atoms with Gasteiger partial charge in [0.2, 0.25) is 5.95 Å². The Labute approximate surface area is 101 Å². The van der Waals surface area contributed by atoms with E-state index in [9.17, 15) is 0 Å². The molecule has 0 atom stereocenters. The second kappa shape index (κ2) is 5.61. The molecule has 1 N–H and O–H groups in total. The monoisotopic (exact) mass is 234 g/mol. The van der Waals surface area contributed by atoms with Gasteiger partial charge in [-0.1, -0.05) is 6.08 Å². The molecule has 0 saturated heterocycles. The van der Waals surface area contributed by atoms with Gasteiger partial charge in [-0.3, -0.25) is 0 Å². The minimum atomic E-state index is 0.373. The quantitative estimate of drug-likeness (QED) is 0.866. The lowest BCUT2D eigenvalue weighted by Gasteiger charge is -2.12. The molecule has 0 saturated carbocycles. The standard InChI is InChI=1S/C12H18N4O/c1-3-13-11-14-10(15-12(16-11)17-2)9-7-5-4-6-8-9/h7H,3-6,8H2,1-2H3,(H,13,14,15,16). The number of ether oxygens (including phenoxy) is 1. The van der Waals surface area contributed by atoms with E-state index >= 15 is 0 Å². The summed E-state index contributed by atoms with van der Waals surface area (Å²) < 4.78 is 5.10. The van der Waals surface area contributed by atoms with Gasteiger partial charge in [0.25, 0.3) is 0 Å². The molecule has 1 heterocycles. The van der Waals surface area contributed by atoms with Crippen molar-refractivity contribution in [3.05, 3.63) is 11.9 Å². The molecule has 0 aromatic carbocycles. The minimum Gasteiger partial charge on any atom is -0.467 e. The Balaban J connectivity index is 2.31. The summed E-state index contributed by atoms with van der Waals surface area (Å²) in [5.74, 6) is 1.33. The molecular formula is C12H18N4O. The van der Waals surface area contributed by atoms with Crippen LogP contribution in [-0.2, 0) is 0 Å². The lowest BCUT2D eigenvalue weighted by molar-refractivity contribution is 0.378. The maximum absolute atomic E-state index is 5.10. The summed E-state index contributed by atoms with van der Waals surface area (Å²) in [5.41, 5.74) is 1.20. The van der Waals surface area contributed by atoms with Crippen molar-refractivity contribution < 1.29 is 4.74 Å². The SMILES string of the molecule is CCNc1nc(OC)nc(C2=CCCCC2)n1. The highest BCUT2D eigenvalue weighted by atomic mass is 16.5. The number of rotatable bonds is 4. The maximum Gasteiger partial charge on any atom is 0.321 e. The number of hydrogen-bond acceptors (Lipinski definition) is 5. The molecule has 0 amide bonds. The molecule has 5 nitrogen and oxygen atoms in total. The second-order valence-electron chi connectivity index (χ2n) is 3.97. The van der Waals surface area contributed by atoms with Gasteiger partial charge in [0.1, 0.15) is 0 Å². The molecule has 1 aliphatic rings. The van der Waals surface area contributed by atoms with E-state index in [-0.39, 0.29) is 0 Å². The fourth-order valence-electron chi connectivity index (χ4n) is 1.87. The van der Waals surface area contributed by atoms with Gasteiger partial charge in [-0.25, -0.2) is 0 Å². The number of anilines is 1. The predicted octanol–water partition coefficient (Wildman–Crippen LogP) is 2.27. The van der Waals surface area contributed by atoms with Gasteiger partial charge >= 0.3 is 6.01 Å². The zero-order valence-electron chi connectivity index (χ0n) is 10.4. The third-order valence-electron chi connectivity index (χ3n) is 2.71. The molecule has 0 radical (unpaired) electrons. The smallest absolute Gasteiger partial charge is 0.321 e. The molecule has 17 heavy (non-hydrogen) atoms. The Morgan fingerprint density at radius 3 is 2.82 bits per heavy atom. The summed E-state index contributed by atoms with van der Waals surface area (Å²) in [4.78, 5) is 12.9. The van der Waals surface area contributed by atoms with Gasteiger partial charge in [0, 0.05) is 6.54 Å². The topological polar surface area (TPSA) is 59.9 Å². The van der Waals surface area contributed by atoms with Crippen molar-refractivity contribution in [2.24, 2.45) is 0 Å². The molecule has 0 aliphatic heterocycles. The molecular weight excluding hydrogens is 216 g/mol. The summed E-state index contributed by atoms with van der Waals surface area (Å²) in [7, 11) is 1.57. The molecule has 0 bridgehead atoms. The largest absolute Gasteiger partial charge is 0.467 e. The number of allylic oxidation sites excluding steroid dienone is 2. The number of nitrogens with zero attached hydrogens (tertiary/aromatic N) is 3. The van der Waals surface area contributed by atoms with Crippen LogP contribution in [0.15, 0.2) is 6.08 Å². The van der Waals surface area contributed by atoms with E-state index in [2.05, 4.69) is 26.3 Å². The van der Waals surface area contributed by atoms with Crippen LogP contribution < -0.4 is 10.1 Å². The summed E-state index contributed by atoms with van der Waals surface area (Å²) in [6, 6.07) is 0.373. The van der Waals surface area contributed by atoms with Crippen LogP contribution in [0.25, 0.3) is 5.57 Å². The number of nitrogens with one attached hydrogen (secondary N) is 1. The zero-order chi connectivity index (χ0) is 12.1. The highest BCUT2D eigenvalue weighted by Gasteiger charge is 2.12. The average Bonchev–Trinajstić information content (AvgIpc) is 2.40. The van der Waals surface area contributed by atoms with Crippen LogP contribution in [0.1, 0.15) is 38.4 Å².